The van der Waals surface area contributed by atoms with E-state index in [0.717, 1.165) is 17.7 Å². The summed E-state index contributed by atoms with van der Waals surface area (Å²) in [5.41, 5.74) is 0.0451. The van der Waals surface area contributed by atoms with E-state index in [1.54, 1.807) is 28.8 Å². The highest BCUT2D eigenvalue weighted by Gasteiger charge is 2.34. The number of amides is 2. The Morgan fingerprint density at radius 3 is 2.61 bits per heavy atom. The first-order valence-electron chi connectivity index (χ1n) is 8.42. The molecule has 1 N–H and O–H groups in total. The van der Waals surface area contributed by atoms with Crippen molar-refractivity contribution in [3.8, 4) is 11.5 Å². The zero-order chi connectivity index (χ0) is 20.3. The molecule has 9 heteroatoms. The summed E-state index contributed by atoms with van der Waals surface area (Å²) in [4.78, 5) is 14.3. The number of hydrogen-bond donors (Lipinski definition) is 1. The third-order valence-electron chi connectivity index (χ3n) is 4.29. The van der Waals surface area contributed by atoms with Gasteiger partial charge in [0.15, 0.2) is 11.5 Å². The van der Waals surface area contributed by atoms with Gasteiger partial charge in [-0.15, -0.1) is 11.8 Å². The largest absolute Gasteiger partial charge is 0.493 e. The van der Waals surface area contributed by atoms with Crippen molar-refractivity contribution in [3.63, 3.8) is 0 Å². The second-order valence-electron chi connectivity index (χ2n) is 6.01. The van der Waals surface area contributed by atoms with Crippen LogP contribution in [-0.4, -0.2) is 37.4 Å². The quantitative estimate of drug-likeness (QED) is 0.768. The molecule has 1 saturated heterocycles. The Morgan fingerprint density at radius 2 is 1.93 bits per heavy atom. The Labute approximate surface area is 164 Å². The standard InChI is InChI=1S/C19H19F3N2O3S/c1-26-15-8-4-7-14(16(15)27-2)17-24(9-10-28-17)18(25)23-13-6-3-5-12(11-13)19(20,21)22/h3-8,11,17H,9-10H2,1-2H3,(H,23,25)/t17-/m1/s1. The maximum absolute atomic E-state index is 12.9. The van der Waals surface area contributed by atoms with E-state index in [9.17, 15) is 18.0 Å². The number of carbonyl (C=O) groups excluding carboxylic acids is 1. The molecule has 0 spiro atoms. The first-order valence-corrected chi connectivity index (χ1v) is 9.47. The average molecular weight is 412 g/mol. The minimum absolute atomic E-state index is 0.0908. The number of carbonyl (C=O) groups is 1. The van der Waals surface area contributed by atoms with Gasteiger partial charge in [0, 0.05) is 23.5 Å². The second-order valence-corrected chi connectivity index (χ2v) is 7.20. The number of rotatable bonds is 4. The van der Waals surface area contributed by atoms with Crippen LogP contribution >= 0.6 is 11.8 Å². The number of alkyl halides is 3. The smallest absolute Gasteiger partial charge is 0.416 e. The molecule has 1 aliphatic rings. The molecule has 1 aliphatic heterocycles. The summed E-state index contributed by atoms with van der Waals surface area (Å²) in [6, 6.07) is 9.51. The number of methoxy groups -OCH3 is 2. The topological polar surface area (TPSA) is 50.8 Å². The van der Waals surface area contributed by atoms with Crippen LogP contribution in [0, 0.1) is 0 Å². The van der Waals surface area contributed by atoms with Gasteiger partial charge in [0.05, 0.1) is 19.8 Å². The molecular formula is C19H19F3N2O3S. The number of hydrogen-bond acceptors (Lipinski definition) is 4. The molecule has 28 heavy (non-hydrogen) atoms. The zero-order valence-corrected chi connectivity index (χ0v) is 16.1. The van der Waals surface area contributed by atoms with Gasteiger partial charge < -0.3 is 19.7 Å². The van der Waals surface area contributed by atoms with Crippen LogP contribution < -0.4 is 14.8 Å². The molecule has 0 saturated carbocycles. The lowest BCUT2D eigenvalue weighted by molar-refractivity contribution is -0.137. The molecule has 0 radical (unpaired) electrons. The lowest BCUT2D eigenvalue weighted by Crippen LogP contribution is -2.34. The Balaban J connectivity index is 1.83. The highest BCUT2D eigenvalue weighted by atomic mass is 32.2. The molecule has 2 amide bonds. The molecule has 0 aliphatic carbocycles. The van der Waals surface area contributed by atoms with Gasteiger partial charge in [-0.3, -0.25) is 0 Å². The number of nitrogens with one attached hydrogen (secondary N) is 1. The third-order valence-corrected chi connectivity index (χ3v) is 5.53. The van der Waals surface area contributed by atoms with Crippen molar-refractivity contribution < 1.29 is 27.4 Å². The lowest BCUT2D eigenvalue weighted by Gasteiger charge is -2.26. The molecular weight excluding hydrogens is 393 g/mol. The van der Waals surface area contributed by atoms with Crippen LogP contribution in [0.15, 0.2) is 42.5 Å². The number of benzene rings is 2. The number of halogens is 3. The van der Waals surface area contributed by atoms with Crippen LogP contribution in [0.4, 0.5) is 23.7 Å². The van der Waals surface area contributed by atoms with Crippen molar-refractivity contribution in [3.05, 3.63) is 53.6 Å². The van der Waals surface area contributed by atoms with Gasteiger partial charge in [0.2, 0.25) is 0 Å². The number of nitrogens with zero attached hydrogens (tertiary/aromatic N) is 1. The van der Waals surface area contributed by atoms with Crippen molar-refractivity contribution in [1.82, 2.24) is 4.90 Å². The van der Waals surface area contributed by atoms with E-state index in [1.807, 2.05) is 6.07 Å². The fourth-order valence-electron chi connectivity index (χ4n) is 3.01. The summed E-state index contributed by atoms with van der Waals surface area (Å²) in [6.07, 6.45) is -4.47. The predicted molar refractivity (Wildman–Crippen MR) is 102 cm³/mol. The Kier molecular flexibility index (Phi) is 5.93. The lowest BCUT2D eigenvalue weighted by atomic mass is 10.1. The summed E-state index contributed by atoms with van der Waals surface area (Å²) in [5.74, 6) is 1.77. The van der Waals surface area contributed by atoms with E-state index >= 15 is 0 Å². The third kappa shape index (κ3) is 4.14. The number of ether oxygens (including phenoxy) is 2. The monoisotopic (exact) mass is 412 g/mol. The Hall–Kier alpha value is -2.55. The van der Waals surface area contributed by atoms with E-state index in [4.69, 9.17) is 9.47 Å². The number of urea groups is 1. The van der Waals surface area contributed by atoms with Crippen LogP contribution in [0.5, 0.6) is 11.5 Å². The molecule has 1 heterocycles. The molecule has 2 aromatic carbocycles. The Morgan fingerprint density at radius 1 is 1.18 bits per heavy atom. The minimum atomic E-state index is -4.47. The zero-order valence-electron chi connectivity index (χ0n) is 15.2. The van der Waals surface area contributed by atoms with Gasteiger partial charge in [-0.05, 0) is 24.3 Å². The van der Waals surface area contributed by atoms with Crippen molar-refractivity contribution >= 4 is 23.5 Å². The highest BCUT2D eigenvalue weighted by molar-refractivity contribution is 7.99. The predicted octanol–water partition coefficient (Wildman–Crippen LogP) is 5.00. The van der Waals surface area contributed by atoms with Gasteiger partial charge in [-0.2, -0.15) is 13.2 Å². The minimum Gasteiger partial charge on any atom is -0.493 e. The molecule has 0 aromatic heterocycles. The molecule has 2 aromatic rings. The molecule has 1 fully saturated rings. The number of para-hydroxylation sites is 1. The fourth-order valence-corrected chi connectivity index (χ4v) is 4.28. The van der Waals surface area contributed by atoms with E-state index in [2.05, 4.69) is 5.32 Å². The maximum Gasteiger partial charge on any atom is 0.416 e. The molecule has 0 bridgehead atoms. The SMILES string of the molecule is COc1cccc([C@H]2SCCN2C(=O)Nc2cccc(C(F)(F)F)c2)c1OC. The summed E-state index contributed by atoms with van der Waals surface area (Å²) in [6.45, 7) is 0.459. The van der Waals surface area contributed by atoms with Crippen molar-refractivity contribution in [2.24, 2.45) is 0 Å². The van der Waals surface area contributed by atoms with E-state index in [-0.39, 0.29) is 11.1 Å². The molecule has 3 rings (SSSR count). The normalized spacial score (nSPS) is 16.8. The summed E-state index contributed by atoms with van der Waals surface area (Å²) in [5, 5.41) is 2.23. The maximum atomic E-state index is 12.9. The highest BCUT2D eigenvalue weighted by Crippen LogP contribution is 2.45. The van der Waals surface area contributed by atoms with Gasteiger partial charge in [-0.25, -0.2) is 4.79 Å². The molecule has 150 valence electrons. The van der Waals surface area contributed by atoms with Crippen molar-refractivity contribution in [2.45, 2.75) is 11.6 Å². The number of thioether (sulfide) groups is 1. The Bertz CT molecular complexity index is 861. The van der Waals surface area contributed by atoms with Crippen LogP contribution in [0.2, 0.25) is 0 Å². The first kappa shape index (κ1) is 20.2. The fraction of sp³-hybridized carbons (Fsp3) is 0.316. The summed E-state index contributed by atoms with van der Waals surface area (Å²) >= 11 is 1.55. The van der Waals surface area contributed by atoms with E-state index in [0.29, 0.717) is 23.8 Å². The summed E-state index contributed by atoms with van der Waals surface area (Å²) in [7, 11) is 3.05. The van der Waals surface area contributed by atoms with E-state index in [1.165, 1.54) is 26.4 Å². The van der Waals surface area contributed by atoms with Crippen molar-refractivity contribution in [2.75, 3.05) is 31.8 Å². The van der Waals surface area contributed by atoms with Crippen LogP contribution in [0.3, 0.4) is 0 Å². The van der Waals surface area contributed by atoms with Gasteiger partial charge >= 0.3 is 12.2 Å². The second kappa shape index (κ2) is 8.22. The van der Waals surface area contributed by atoms with Gasteiger partial charge in [-0.1, -0.05) is 18.2 Å². The number of anilines is 1. The average Bonchev–Trinajstić information content (AvgIpc) is 3.16. The van der Waals surface area contributed by atoms with Gasteiger partial charge in [0.25, 0.3) is 0 Å². The molecule has 5 nitrogen and oxygen atoms in total. The molecule has 1 atom stereocenters. The first-order chi connectivity index (χ1) is 13.3. The van der Waals surface area contributed by atoms with Crippen LogP contribution in [0.25, 0.3) is 0 Å². The van der Waals surface area contributed by atoms with E-state index < -0.39 is 17.8 Å². The van der Waals surface area contributed by atoms with Crippen LogP contribution in [0.1, 0.15) is 16.5 Å². The molecule has 0 unspecified atom stereocenters. The van der Waals surface area contributed by atoms with Crippen molar-refractivity contribution in [1.29, 1.82) is 0 Å². The summed E-state index contributed by atoms with van der Waals surface area (Å²) < 4.78 is 49.4. The van der Waals surface area contributed by atoms with Crippen LogP contribution in [-0.2, 0) is 6.18 Å². The van der Waals surface area contributed by atoms with Gasteiger partial charge in [0.1, 0.15) is 5.37 Å².